The Bertz CT molecular complexity index is 396. The Morgan fingerprint density at radius 3 is 2.11 bits per heavy atom. The van der Waals surface area contributed by atoms with Gasteiger partial charge in [0.25, 0.3) is 0 Å². The normalized spacial score (nSPS) is 12.8. The van der Waals surface area contributed by atoms with Crippen molar-refractivity contribution in [2.75, 3.05) is 6.54 Å². The molecule has 0 aromatic heterocycles. The highest BCUT2D eigenvalue weighted by Gasteiger charge is 2.10. The molecule has 3 heteroatoms. The Morgan fingerprint density at radius 2 is 1.63 bits per heavy atom. The maximum absolute atomic E-state index is 11.5. The average molecular weight is 263 g/mol. The first-order valence-corrected chi connectivity index (χ1v) is 6.94. The summed E-state index contributed by atoms with van der Waals surface area (Å²) in [6, 6.07) is 7.90. The molecule has 0 bridgehead atoms. The van der Waals surface area contributed by atoms with Crippen LogP contribution in [0.25, 0.3) is 0 Å². The fourth-order valence-electron chi connectivity index (χ4n) is 1.87. The van der Waals surface area contributed by atoms with Crippen LogP contribution < -0.4 is 5.32 Å². The van der Waals surface area contributed by atoms with Crippen LogP contribution in [0, 0.1) is 5.92 Å². The fourth-order valence-corrected chi connectivity index (χ4v) is 1.87. The van der Waals surface area contributed by atoms with E-state index in [9.17, 15) is 9.90 Å². The first-order chi connectivity index (χ1) is 8.90. The van der Waals surface area contributed by atoms with Gasteiger partial charge in [-0.2, -0.15) is 0 Å². The first-order valence-electron chi connectivity index (χ1n) is 6.94. The van der Waals surface area contributed by atoms with Gasteiger partial charge in [0.15, 0.2) is 0 Å². The van der Waals surface area contributed by atoms with Crippen LogP contribution in [0.15, 0.2) is 24.3 Å². The molecule has 0 radical (unpaired) electrons. The van der Waals surface area contributed by atoms with E-state index in [1.54, 1.807) is 0 Å². The summed E-state index contributed by atoms with van der Waals surface area (Å²) in [4.78, 5) is 11.5. The molecule has 0 aliphatic carbocycles. The van der Waals surface area contributed by atoms with E-state index in [0.717, 1.165) is 5.56 Å². The maximum atomic E-state index is 11.5. The molecule has 1 rings (SSSR count). The summed E-state index contributed by atoms with van der Waals surface area (Å²) in [5, 5.41) is 12.8. The Morgan fingerprint density at radius 1 is 1.11 bits per heavy atom. The van der Waals surface area contributed by atoms with E-state index in [1.165, 1.54) is 5.56 Å². The fraction of sp³-hybridized carbons (Fsp3) is 0.562. The van der Waals surface area contributed by atoms with Crippen molar-refractivity contribution in [3.05, 3.63) is 35.4 Å². The highest BCUT2D eigenvalue weighted by Crippen LogP contribution is 2.18. The van der Waals surface area contributed by atoms with Gasteiger partial charge in [0.2, 0.25) is 5.91 Å². The van der Waals surface area contributed by atoms with Gasteiger partial charge in [0, 0.05) is 13.0 Å². The van der Waals surface area contributed by atoms with Gasteiger partial charge in [-0.05, 0) is 23.0 Å². The van der Waals surface area contributed by atoms with Crippen molar-refractivity contribution in [2.45, 2.75) is 46.1 Å². The number of rotatable bonds is 6. The first kappa shape index (κ1) is 15.7. The highest BCUT2D eigenvalue weighted by atomic mass is 16.3. The van der Waals surface area contributed by atoms with E-state index in [-0.39, 0.29) is 12.5 Å². The van der Waals surface area contributed by atoms with E-state index >= 15 is 0 Å². The van der Waals surface area contributed by atoms with Crippen LogP contribution in [-0.4, -0.2) is 17.6 Å². The van der Waals surface area contributed by atoms with Crippen LogP contribution in [0.2, 0.25) is 0 Å². The third-order valence-electron chi connectivity index (χ3n) is 3.07. The standard InChI is InChI=1S/C16H25NO2/c1-11(2)9-16(19)17-10-15(18)14-7-5-13(6-8-14)12(3)4/h5-8,11-12,15,18H,9-10H2,1-4H3,(H,17,19). The molecule has 0 spiro atoms. The molecule has 1 unspecified atom stereocenters. The number of amides is 1. The Kier molecular flexibility index (Phi) is 6.03. The number of benzene rings is 1. The maximum Gasteiger partial charge on any atom is 0.220 e. The smallest absolute Gasteiger partial charge is 0.220 e. The molecule has 1 atom stereocenters. The number of aliphatic hydroxyl groups excluding tert-OH is 1. The number of nitrogens with one attached hydrogen (secondary N) is 1. The molecule has 1 aromatic carbocycles. The van der Waals surface area contributed by atoms with E-state index in [1.807, 2.05) is 38.1 Å². The molecule has 0 heterocycles. The zero-order valence-electron chi connectivity index (χ0n) is 12.3. The van der Waals surface area contributed by atoms with Gasteiger partial charge in [0.1, 0.15) is 0 Å². The number of carbonyl (C=O) groups is 1. The van der Waals surface area contributed by atoms with Crippen LogP contribution in [-0.2, 0) is 4.79 Å². The lowest BCUT2D eigenvalue weighted by atomic mass is 10.00. The summed E-state index contributed by atoms with van der Waals surface area (Å²) in [7, 11) is 0. The highest BCUT2D eigenvalue weighted by molar-refractivity contribution is 5.76. The van der Waals surface area contributed by atoms with Crippen molar-refractivity contribution in [1.82, 2.24) is 5.32 Å². The van der Waals surface area contributed by atoms with Gasteiger partial charge in [-0.25, -0.2) is 0 Å². The molecule has 2 N–H and O–H groups in total. The van der Waals surface area contributed by atoms with Crippen LogP contribution >= 0.6 is 0 Å². The number of hydrogen-bond donors (Lipinski definition) is 2. The molecule has 0 saturated carbocycles. The second kappa shape index (κ2) is 7.29. The summed E-state index contributed by atoms with van der Waals surface area (Å²) in [5.74, 6) is 0.812. The third kappa shape index (κ3) is 5.43. The van der Waals surface area contributed by atoms with Crippen molar-refractivity contribution < 1.29 is 9.90 Å². The van der Waals surface area contributed by atoms with Gasteiger partial charge in [-0.15, -0.1) is 0 Å². The predicted molar refractivity (Wildman–Crippen MR) is 78.0 cm³/mol. The minimum atomic E-state index is -0.641. The SMILES string of the molecule is CC(C)CC(=O)NCC(O)c1ccc(C(C)C)cc1. The van der Waals surface area contributed by atoms with E-state index in [2.05, 4.69) is 19.2 Å². The largest absolute Gasteiger partial charge is 0.387 e. The van der Waals surface area contributed by atoms with Crippen molar-refractivity contribution in [3.8, 4) is 0 Å². The Hall–Kier alpha value is -1.35. The molecule has 0 aliphatic heterocycles. The number of aliphatic hydroxyl groups is 1. The summed E-state index contributed by atoms with van der Waals surface area (Å²) in [6.07, 6.45) is -0.142. The van der Waals surface area contributed by atoms with Crippen molar-refractivity contribution in [3.63, 3.8) is 0 Å². The molecule has 3 nitrogen and oxygen atoms in total. The molecular weight excluding hydrogens is 238 g/mol. The summed E-state index contributed by atoms with van der Waals surface area (Å²) < 4.78 is 0. The van der Waals surface area contributed by atoms with Crippen LogP contribution in [0.1, 0.15) is 57.3 Å². The van der Waals surface area contributed by atoms with Gasteiger partial charge < -0.3 is 10.4 Å². The van der Waals surface area contributed by atoms with Crippen molar-refractivity contribution in [2.24, 2.45) is 5.92 Å². The van der Waals surface area contributed by atoms with E-state index in [4.69, 9.17) is 0 Å². The van der Waals surface area contributed by atoms with Crippen LogP contribution in [0.3, 0.4) is 0 Å². The molecule has 0 fully saturated rings. The van der Waals surface area contributed by atoms with Gasteiger partial charge in [-0.3, -0.25) is 4.79 Å². The van der Waals surface area contributed by atoms with E-state index in [0.29, 0.717) is 18.3 Å². The number of hydrogen-bond acceptors (Lipinski definition) is 2. The third-order valence-corrected chi connectivity index (χ3v) is 3.07. The zero-order chi connectivity index (χ0) is 14.4. The Labute approximate surface area is 116 Å². The molecular formula is C16H25NO2. The topological polar surface area (TPSA) is 49.3 Å². The quantitative estimate of drug-likeness (QED) is 0.829. The molecule has 1 amide bonds. The minimum Gasteiger partial charge on any atom is -0.387 e. The second-order valence-electron chi connectivity index (χ2n) is 5.74. The minimum absolute atomic E-state index is 0.00662. The zero-order valence-corrected chi connectivity index (χ0v) is 12.3. The van der Waals surface area contributed by atoms with Crippen molar-refractivity contribution in [1.29, 1.82) is 0 Å². The summed E-state index contributed by atoms with van der Waals surface area (Å²) in [6.45, 7) is 8.54. The van der Waals surface area contributed by atoms with Crippen molar-refractivity contribution >= 4 is 5.91 Å². The monoisotopic (exact) mass is 263 g/mol. The molecule has 0 saturated heterocycles. The molecule has 1 aromatic rings. The van der Waals surface area contributed by atoms with Gasteiger partial charge in [-0.1, -0.05) is 52.0 Å². The van der Waals surface area contributed by atoms with E-state index < -0.39 is 6.10 Å². The average Bonchev–Trinajstić information content (AvgIpc) is 2.35. The summed E-state index contributed by atoms with van der Waals surface area (Å²) >= 11 is 0. The lowest BCUT2D eigenvalue weighted by Crippen LogP contribution is -2.29. The number of carbonyl (C=O) groups excluding carboxylic acids is 1. The summed E-state index contributed by atoms with van der Waals surface area (Å²) in [5.41, 5.74) is 2.09. The Balaban J connectivity index is 2.49. The molecule has 19 heavy (non-hydrogen) atoms. The lowest BCUT2D eigenvalue weighted by molar-refractivity contribution is -0.122. The van der Waals surface area contributed by atoms with Crippen LogP contribution in [0.5, 0.6) is 0 Å². The predicted octanol–water partition coefficient (Wildman–Crippen LogP) is 3.01. The molecule has 106 valence electrons. The van der Waals surface area contributed by atoms with Crippen LogP contribution in [0.4, 0.5) is 0 Å². The lowest BCUT2D eigenvalue weighted by Gasteiger charge is -2.14. The molecule has 0 aliphatic rings. The second-order valence-corrected chi connectivity index (χ2v) is 5.74. The van der Waals surface area contributed by atoms with Gasteiger partial charge >= 0.3 is 0 Å². The van der Waals surface area contributed by atoms with Gasteiger partial charge in [0.05, 0.1) is 6.10 Å².